The van der Waals surface area contributed by atoms with Gasteiger partial charge in [-0.2, -0.15) is 8.78 Å². The Labute approximate surface area is 177 Å². The number of rotatable bonds is 8. The van der Waals surface area contributed by atoms with Gasteiger partial charge in [-0.25, -0.2) is 17.6 Å². The third kappa shape index (κ3) is 6.15. The zero-order valence-electron chi connectivity index (χ0n) is 17.1. The van der Waals surface area contributed by atoms with Crippen LogP contribution in [-0.2, 0) is 4.74 Å². The van der Waals surface area contributed by atoms with Crippen molar-refractivity contribution in [2.75, 3.05) is 6.61 Å². The molecule has 31 heavy (non-hydrogen) atoms. The first kappa shape index (κ1) is 23.4. The van der Waals surface area contributed by atoms with Gasteiger partial charge in [0.25, 0.3) is 0 Å². The van der Waals surface area contributed by atoms with E-state index in [9.17, 15) is 26.3 Å². The van der Waals surface area contributed by atoms with Crippen LogP contribution in [0, 0.1) is 29.2 Å². The van der Waals surface area contributed by atoms with Gasteiger partial charge in [0.15, 0.2) is 24.1 Å². The van der Waals surface area contributed by atoms with Crippen molar-refractivity contribution in [3.8, 4) is 16.9 Å². The highest BCUT2D eigenvalue weighted by Crippen LogP contribution is 2.32. The van der Waals surface area contributed by atoms with Crippen LogP contribution in [-0.4, -0.2) is 18.8 Å². The molecule has 0 heterocycles. The lowest BCUT2D eigenvalue weighted by atomic mass is 9.85. The summed E-state index contributed by atoms with van der Waals surface area (Å²) in [6.45, 7) is 1.15. The largest absolute Gasteiger partial charge is 0.431 e. The summed E-state index contributed by atoms with van der Waals surface area (Å²) in [5.74, 6) is -5.54. The Balaban J connectivity index is 1.60. The molecule has 1 aliphatic carbocycles. The quantitative estimate of drug-likeness (QED) is 0.314. The Morgan fingerprint density at radius 2 is 1.55 bits per heavy atom. The molecule has 0 N–H and O–H groups in total. The fourth-order valence-corrected chi connectivity index (χ4v) is 3.92. The van der Waals surface area contributed by atoms with Crippen LogP contribution in [0.2, 0.25) is 0 Å². The van der Waals surface area contributed by atoms with E-state index in [4.69, 9.17) is 4.74 Å². The third-order valence-electron chi connectivity index (χ3n) is 5.48. The molecule has 0 unspecified atom stereocenters. The maximum absolute atomic E-state index is 14.4. The number of alkyl halides is 2. The molecule has 3 rings (SSSR count). The zero-order valence-corrected chi connectivity index (χ0v) is 17.1. The van der Waals surface area contributed by atoms with E-state index in [1.807, 2.05) is 0 Å². The molecule has 1 aliphatic rings. The lowest BCUT2D eigenvalue weighted by molar-refractivity contribution is -0.222. The normalized spacial score (nSPS) is 19.5. The maximum atomic E-state index is 14.4. The van der Waals surface area contributed by atoms with Crippen LogP contribution in [0.5, 0.6) is 5.75 Å². The molecule has 0 amide bonds. The third-order valence-corrected chi connectivity index (χ3v) is 5.48. The van der Waals surface area contributed by atoms with Gasteiger partial charge in [-0.3, -0.25) is 0 Å². The molecule has 2 aromatic carbocycles. The minimum atomic E-state index is -3.68. The van der Waals surface area contributed by atoms with Crippen LogP contribution in [0.15, 0.2) is 30.3 Å². The molecule has 0 aliphatic heterocycles. The fraction of sp³-hybridized carbons (Fsp3) is 0.478. The second-order valence-electron chi connectivity index (χ2n) is 7.88. The summed E-state index contributed by atoms with van der Waals surface area (Å²) in [5.41, 5.74) is -0.553. The van der Waals surface area contributed by atoms with Crippen LogP contribution in [0.25, 0.3) is 11.1 Å². The highest BCUT2D eigenvalue weighted by molar-refractivity contribution is 5.65. The van der Waals surface area contributed by atoms with Gasteiger partial charge < -0.3 is 9.47 Å². The summed E-state index contributed by atoms with van der Waals surface area (Å²) in [5, 5.41) is 0. The van der Waals surface area contributed by atoms with Crippen molar-refractivity contribution >= 4 is 0 Å². The van der Waals surface area contributed by atoms with E-state index in [0.29, 0.717) is 24.1 Å². The van der Waals surface area contributed by atoms with E-state index in [1.54, 1.807) is 0 Å². The minimum Gasteiger partial charge on any atom is -0.431 e. The Morgan fingerprint density at radius 1 is 0.903 bits per heavy atom. The molecule has 0 saturated heterocycles. The molecule has 2 nitrogen and oxygen atoms in total. The molecule has 0 aromatic heterocycles. The van der Waals surface area contributed by atoms with Crippen LogP contribution in [0.4, 0.5) is 26.3 Å². The molecule has 1 saturated carbocycles. The molecule has 1 fully saturated rings. The molecule has 0 radical (unpaired) electrons. The number of hydrogen-bond donors (Lipinski definition) is 0. The standard InChI is InChI=1S/C23H24F6O2/c1-2-3-14-4-6-16(7-5-14)30-13-23(28,29)31-17-8-9-18(19(24)12-17)15-10-20(25)22(27)21(26)11-15/h8-12,14,16H,2-7,13H2,1H3. The topological polar surface area (TPSA) is 18.5 Å². The molecule has 8 heteroatoms. The van der Waals surface area contributed by atoms with Crippen LogP contribution in [0.1, 0.15) is 45.4 Å². The molecule has 0 atom stereocenters. The van der Waals surface area contributed by atoms with E-state index >= 15 is 0 Å². The van der Waals surface area contributed by atoms with Crippen molar-refractivity contribution in [3.63, 3.8) is 0 Å². The monoisotopic (exact) mass is 446 g/mol. The van der Waals surface area contributed by atoms with Gasteiger partial charge in [0.05, 0.1) is 6.10 Å². The van der Waals surface area contributed by atoms with E-state index in [0.717, 1.165) is 50.7 Å². The highest BCUT2D eigenvalue weighted by Gasteiger charge is 2.34. The Kier molecular flexibility index (Phi) is 7.51. The summed E-state index contributed by atoms with van der Waals surface area (Å²) in [4.78, 5) is 0. The van der Waals surface area contributed by atoms with Gasteiger partial charge in [-0.05, 0) is 61.4 Å². The first-order chi connectivity index (χ1) is 14.7. The van der Waals surface area contributed by atoms with Gasteiger partial charge in [-0.1, -0.05) is 19.8 Å². The molecular weight excluding hydrogens is 422 g/mol. The number of hydrogen-bond acceptors (Lipinski definition) is 2. The van der Waals surface area contributed by atoms with Gasteiger partial charge in [0.2, 0.25) is 0 Å². The predicted octanol–water partition coefficient (Wildman–Crippen LogP) is 7.26. The SMILES string of the molecule is CCCC1CCC(OCC(F)(F)Oc2ccc(-c3cc(F)c(F)c(F)c3)c(F)c2)CC1. The Bertz CT molecular complexity index is 871. The van der Waals surface area contributed by atoms with Gasteiger partial charge in [0, 0.05) is 11.6 Å². The molecule has 0 spiro atoms. The van der Waals surface area contributed by atoms with Crippen LogP contribution in [0.3, 0.4) is 0 Å². The smallest absolute Gasteiger partial charge is 0.421 e. The highest BCUT2D eigenvalue weighted by atomic mass is 19.3. The summed E-state index contributed by atoms with van der Waals surface area (Å²) in [7, 11) is 0. The number of ether oxygens (including phenoxy) is 2. The van der Waals surface area contributed by atoms with E-state index < -0.39 is 41.7 Å². The summed E-state index contributed by atoms with van der Waals surface area (Å²) in [6.07, 6.45) is 1.62. The number of benzene rings is 2. The average Bonchev–Trinajstić information content (AvgIpc) is 2.71. The number of halogens is 6. The van der Waals surface area contributed by atoms with Crippen molar-refractivity contribution in [1.29, 1.82) is 0 Å². The summed E-state index contributed by atoms with van der Waals surface area (Å²) in [6, 6.07) is 3.99. The Morgan fingerprint density at radius 3 is 2.13 bits per heavy atom. The van der Waals surface area contributed by atoms with E-state index in [2.05, 4.69) is 11.7 Å². The van der Waals surface area contributed by atoms with Crippen molar-refractivity contribution < 1.29 is 35.8 Å². The fourth-order valence-electron chi connectivity index (χ4n) is 3.92. The van der Waals surface area contributed by atoms with Crippen molar-refractivity contribution in [2.24, 2.45) is 5.92 Å². The lowest BCUT2D eigenvalue weighted by Crippen LogP contribution is -2.34. The molecule has 0 bridgehead atoms. The molecular formula is C23H24F6O2. The van der Waals surface area contributed by atoms with E-state index in [1.165, 1.54) is 0 Å². The van der Waals surface area contributed by atoms with Gasteiger partial charge in [0.1, 0.15) is 11.6 Å². The second kappa shape index (κ2) is 9.94. The Hall–Kier alpha value is -2.22. The first-order valence-corrected chi connectivity index (χ1v) is 10.3. The summed E-state index contributed by atoms with van der Waals surface area (Å²) < 4.78 is 92.4. The lowest BCUT2D eigenvalue weighted by Gasteiger charge is -2.29. The van der Waals surface area contributed by atoms with Crippen LogP contribution >= 0.6 is 0 Å². The van der Waals surface area contributed by atoms with Crippen molar-refractivity contribution in [1.82, 2.24) is 0 Å². The van der Waals surface area contributed by atoms with Crippen molar-refractivity contribution in [3.05, 3.63) is 53.6 Å². The maximum Gasteiger partial charge on any atom is 0.421 e. The zero-order chi connectivity index (χ0) is 22.6. The molecule has 2 aromatic rings. The minimum absolute atomic E-state index is 0.259. The first-order valence-electron chi connectivity index (χ1n) is 10.3. The van der Waals surface area contributed by atoms with Crippen molar-refractivity contribution in [2.45, 2.75) is 57.7 Å². The predicted molar refractivity (Wildman–Crippen MR) is 104 cm³/mol. The summed E-state index contributed by atoms with van der Waals surface area (Å²) >= 11 is 0. The second-order valence-corrected chi connectivity index (χ2v) is 7.88. The molecule has 170 valence electrons. The van der Waals surface area contributed by atoms with Crippen LogP contribution < -0.4 is 4.74 Å². The van der Waals surface area contributed by atoms with Gasteiger partial charge in [-0.15, -0.1) is 0 Å². The van der Waals surface area contributed by atoms with Gasteiger partial charge >= 0.3 is 6.11 Å². The average molecular weight is 446 g/mol. The van der Waals surface area contributed by atoms with E-state index in [-0.39, 0.29) is 17.2 Å².